The van der Waals surface area contributed by atoms with Crippen molar-refractivity contribution in [1.82, 2.24) is 0 Å². The first-order chi connectivity index (χ1) is 9.93. The van der Waals surface area contributed by atoms with E-state index in [0.29, 0.717) is 0 Å². The van der Waals surface area contributed by atoms with Crippen molar-refractivity contribution >= 4 is 23.9 Å². The summed E-state index contributed by atoms with van der Waals surface area (Å²) in [5.41, 5.74) is 0. The van der Waals surface area contributed by atoms with Crippen LogP contribution in [-0.4, -0.2) is 35.5 Å². The molecule has 0 aromatic carbocycles. The van der Waals surface area contributed by atoms with E-state index in [1.807, 2.05) is 0 Å². The largest absolute Gasteiger partial charge is 0.422 e. The van der Waals surface area contributed by atoms with E-state index < -0.39 is 53.2 Å². The van der Waals surface area contributed by atoms with Gasteiger partial charge in [0.15, 0.2) is 11.8 Å². The van der Waals surface area contributed by atoms with Gasteiger partial charge in [0.25, 0.3) is 11.6 Å². The number of carbonyl (C=O) groups is 4. The van der Waals surface area contributed by atoms with Crippen LogP contribution in [0, 0.1) is 17.8 Å². The molecule has 0 N–H and O–H groups in total. The number of carbonyl (C=O) groups excluding carboxylic acids is 4. The van der Waals surface area contributed by atoms with Crippen LogP contribution in [0.5, 0.6) is 0 Å². The summed E-state index contributed by atoms with van der Waals surface area (Å²) in [7, 11) is 0. The third kappa shape index (κ3) is 2.90. The first-order valence-electron chi connectivity index (χ1n) is 6.85. The maximum absolute atomic E-state index is 12.0. The minimum absolute atomic E-state index is 0.848. The molecule has 122 valence electrons. The molecule has 0 unspecified atom stereocenters. The number of rotatable bonds is 2. The molecule has 2 saturated heterocycles. The third-order valence-corrected chi connectivity index (χ3v) is 3.45. The standard InChI is InChI=1S/C14H18O8/c1-6(7-9(15)19-13(2,3)20-10(7)16)8-11(17)21-14(4,5)22-12(8)18/h6-8H,1-5H3. The summed E-state index contributed by atoms with van der Waals surface area (Å²) in [5, 5.41) is 0. The molecule has 2 aliphatic heterocycles. The molecule has 22 heavy (non-hydrogen) atoms. The Bertz CT molecular complexity index is 459. The predicted molar refractivity (Wildman–Crippen MR) is 68.7 cm³/mol. The lowest BCUT2D eigenvalue weighted by atomic mass is 9.81. The van der Waals surface area contributed by atoms with Gasteiger partial charge in [-0.1, -0.05) is 6.92 Å². The lowest BCUT2D eigenvalue weighted by molar-refractivity contribution is -0.250. The van der Waals surface area contributed by atoms with E-state index >= 15 is 0 Å². The average Bonchev–Trinajstić information content (AvgIpc) is 2.21. The van der Waals surface area contributed by atoms with E-state index in [1.54, 1.807) is 0 Å². The minimum atomic E-state index is -1.39. The van der Waals surface area contributed by atoms with Crippen molar-refractivity contribution < 1.29 is 38.1 Å². The van der Waals surface area contributed by atoms with E-state index in [2.05, 4.69) is 0 Å². The van der Waals surface area contributed by atoms with E-state index in [0.717, 1.165) is 0 Å². The molecular formula is C14H18O8. The van der Waals surface area contributed by atoms with Crippen LogP contribution >= 0.6 is 0 Å². The zero-order valence-corrected chi connectivity index (χ0v) is 13.0. The quantitative estimate of drug-likeness (QED) is 0.537. The lowest BCUT2D eigenvalue weighted by Gasteiger charge is -2.39. The fourth-order valence-electron chi connectivity index (χ4n) is 2.51. The molecular weight excluding hydrogens is 296 g/mol. The summed E-state index contributed by atoms with van der Waals surface area (Å²) in [6.07, 6.45) is 0. The van der Waals surface area contributed by atoms with E-state index in [9.17, 15) is 19.2 Å². The molecule has 8 heteroatoms. The van der Waals surface area contributed by atoms with E-state index in [-0.39, 0.29) is 0 Å². The first kappa shape index (κ1) is 16.3. The van der Waals surface area contributed by atoms with Gasteiger partial charge < -0.3 is 18.9 Å². The van der Waals surface area contributed by atoms with Crippen molar-refractivity contribution in [3.05, 3.63) is 0 Å². The topological polar surface area (TPSA) is 105 Å². The van der Waals surface area contributed by atoms with Crippen molar-refractivity contribution in [3.63, 3.8) is 0 Å². The van der Waals surface area contributed by atoms with Crippen molar-refractivity contribution in [3.8, 4) is 0 Å². The van der Waals surface area contributed by atoms with Crippen molar-refractivity contribution in [1.29, 1.82) is 0 Å². The van der Waals surface area contributed by atoms with Gasteiger partial charge in [0.05, 0.1) is 0 Å². The number of esters is 4. The predicted octanol–water partition coefficient (Wildman–Crippen LogP) is 0.527. The maximum atomic E-state index is 12.0. The Hall–Kier alpha value is -2.12. The minimum Gasteiger partial charge on any atom is -0.422 e. The van der Waals surface area contributed by atoms with Gasteiger partial charge in [-0.05, 0) is 0 Å². The molecule has 8 nitrogen and oxygen atoms in total. The van der Waals surface area contributed by atoms with Crippen LogP contribution in [0.2, 0.25) is 0 Å². The Morgan fingerprint density at radius 3 is 1.14 bits per heavy atom. The van der Waals surface area contributed by atoms with Gasteiger partial charge in [-0.25, -0.2) is 0 Å². The number of ether oxygens (including phenoxy) is 4. The fourth-order valence-corrected chi connectivity index (χ4v) is 2.51. The van der Waals surface area contributed by atoms with Gasteiger partial charge >= 0.3 is 23.9 Å². The van der Waals surface area contributed by atoms with Crippen LogP contribution in [-0.2, 0) is 38.1 Å². The number of hydrogen-bond donors (Lipinski definition) is 0. The van der Waals surface area contributed by atoms with Gasteiger partial charge in [0, 0.05) is 33.6 Å². The Morgan fingerprint density at radius 1 is 0.682 bits per heavy atom. The molecule has 0 bridgehead atoms. The van der Waals surface area contributed by atoms with E-state index in [1.165, 1.54) is 34.6 Å². The first-order valence-corrected chi connectivity index (χ1v) is 6.85. The van der Waals surface area contributed by atoms with Gasteiger partial charge in [-0.3, -0.25) is 19.2 Å². The average molecular weight is 314 g/mol. The summed E-state index contributed by atoms with van der Waals surface area (Å²) < 4.78 is 20.0. The summed E-state index contributed by atoms with van der Waals surface area (Å²) >= 11 is 0. The highest BCUT2D eigenvalue weighted by atomic mass is 16.8. The molecule has 2 aliphatic rings. The molecule has 0 aromatic heterocycles. The zero-order chi connectivity index (χ0) is 16.9. The van der Waals surface area contributed by atoms with Gasteiger partial charge in [-0.15, -0.1) is 0 Å². The lowest BCUT2D eigenvalue weighted by Crippen LogP contribution is -2.54. The van der Waals surface area contributed by atoms with Gasteiger partial charge in [-0.2, -0.15) is 0 Å². The van der Waals surface area contributed by atoms with Gasteiger partial charge in [0.1, 0.15) is 0 Å². The number of hydrogen-bond acceptors (Lipinski definition) is 8. The molecule has 0 saturated carbocycles. The molecule has 0 aromatic rings. The highest BCUT2D eigenvalue weighted by Gasteiger charge is 2.54. The molecule has 0 spiro atoms. The van der Waals surface area contributed by atoms with Crippen molar-refractivity contribution in [2.45, 2.75) is 46.2 Å². The SMILES string of the molecule is CC(C1C(=O)OC(C)(C)OC1=O)C1C(=O)OC(C)(C)OC1=O. The second-order valence-corrected chi connectivity index (χ2v) is 6.30. The molecule has 2 heterocycles. The smallest absolute Gasteiger partial charge is 0.323 e. The van der Waals surface area contributed by atoms with Crippen LogP contribution in [0.4, 0.5) is 0 Å². The molecule has 0 aliphatic carbocycles. The summed E-state index contributed by atoms with van der Waals surface area (Å²) in [4.78, 5) is 48.1. The molecule has 2 rings (SSSR count). The van der Waals surface area contributed by atoms with Crippen LogP contribution in [0.15, 0.2) is 0 Å². The van der Waals surface area contributed by atoms with Crippen LogP contribution < -0.4 is 0 Å². The molecule has 2 fully saturated rings. The highest BCUT2D eigenvalue weighted by Crippen LogP contribution is 2.35. The summed E-state index contributed by atoms with van der Waals surface area (Å²) in [5.74, 6) is -9.93. The highest BCUT2D eigenvalue weighted by molar-refractivity contribution is 6.01. The normalized spacial score (nSPS) is 25.4. The Morgan fingerprint density at radius 2 is 0.909 bits per heavy atom. The molecule has 0 radical (unpaired) electrons. The Labute approximate surface area is 127 Å². The Kier molecular flexibility index (Phi) is 3.67. The second kappa shape index (κ2) is 4.96. The maximum Gasteiger partial charge on any atom is 0.323 e. The second-order valence-electron chi connectivity index (χ2n) is 6.30. The summed E-state index contributed by atoms with van der Waals surface area (Å²) in [6.45, 7) is 7.05. The molecule has 0 amide bonds. The van der Waals surface area contributed by atoms with Crippen molar-refractivity contribution in [2.75, 3.05) is 0 Å². The van der Waals surface area contributed by atoms with Crippen LogP contribution in [0.25, 0.3) is 0 Å². The van der Waals surface area contributed by atoms with Crippen molar-refractivity contribution in [2.24, 2.45) is 17.8 Å². The van der Waals surface area contributed by atoms with Crippen LogP contribution in [0.1, 0.15) is 34.6 Å². The monoisotopic (exact) mass is 314 g/mol. The van der Waals surface area contributed by atoms with E-state index in [4.69, 9.17) is 18.9 Å². The van der Waals surface area contributed by atoms with Crippen LogP contribution in [0.3, 0.4) is 0 Å². The van der Waals surface area contributed by atoms with Gasteiger partial charge in [0.2, 0.25) is 0 Å². The number of cyclic esters (lactones) is 4. The summed E-state index contributed by atoms with van der Waals surface area (Å²) in [6, 6.07) is 0. The Balaban J connectivity index is 2.23. The molecule has 0 atom stereocenters. The third-order valence-electron chi connectivity index (χ3n) is 3.45. The fraction of sp³-hybridized carbons (Fsp3) is 0.714. The zero-order valence-electron chi connectivity index (χ0n) is 13.0.